The predicted molar refractivity (Wildman–Crippen MR) is 68.7 cm³/mol. The maximum Gasteiger partial charge on any atom is 0.319 e. The zero-order chi connectivity index (χ0) is 13.5. The van der Waals surface area contributed by atoms with Crippen molar-refractivity contribution in [3.63, 3.8) is 0 Å². The van der Waals surface area contributed by atoms with E-state index >= 15 is 0 Å². The van der Waals surface area contributed by atoms with Crippen molar-refractivity contribution in [1.82, 2.24) is 10.2 Å². The Bertz CT molecular complexity index is 415. The Balaban J connectivity index is 2.42. The SMILES string of the molecule is COc1ccc(NC(=O)NCC(=O)N(C)C)cc1. The summed E-state index contributed by atoms with van der Waals surface area (Å²) in [5.74, 6) is 0.545. The Labute approximate surface area is 106 Å². The summed E-state index contributed by atoms with van der Waals surface area (Å²) in [4.78, 5) is 24.1. The molecule has 6 heteroatoms. The van der Waals surface area contributed by atoms with E-state index in [-0.39, 0.29) is 12.5 Å². The molecule has 0 aromatic heterocycles. The van der Waals surface area contributed by atoms with Crippen LogP contribution in [-0.2, 0) is 4.79 Å². The van der Waals surface area contributed by atoms with Crippen molar-refractivity contribution in [1.29, 1.82) is 0 Å². The molecule has 1 aromatic rings. The first-order valence-corrected chi connectivity index (χ1v) is 5.42. The molecular formula is C12H17N3O3. The van der Waals surface area contributed by atoms with Crippen LogP contribution < -0.4 is 15.4 Å². The second-order valence-corrected chi connectivity index (χ2v) is 3.82. The highest BCUT2D eigenvalue weighted by molar-refractivity contribution is 5.92. The van der Waals surface area contributed by atoms with Crippen LogP contribution in [0.25, 0.3) is 0 Å². The number of rotatable bonds is 4. The van der Waals surface area contributed by atoms with Crippen LogP contribution in [0.3, 0.4) is 0 Å². The van der Waals surface area contributed by atoms with E-state index in [9.17, 15) is 9.59 Å². The largest absolute Gasteiger partial charge is 0.497 e. The molecule has 0 aliphatic rings. The monoisotopic (exact) mass is 251 g/mol. The van der Waals surface area contributed by atoms with E-state index in [1.165, 1.54) is 4.90 Å². The second kappa shape index (κ2) is 6.48. The van der Waals surface area contributed by atoms with Crippen LogP contribution in [0.5, 0.6) is 5.75 Å². The number of methoxy groups -OCH3 is 1. The van der Waals surface area contributed by atoms with Crippen molar-refractivity contribution in [2.45, 2.75) is 0 Å². The third-order valence-corrected chi connectivity index (χ3v) is 2.25. The molecule has 0 atom stereocenters. The summed E-state index contributed by atoms with van der Waals surface area (Å²) in [5, 5.41) is 5.08. The summed E-state index contributed by atoms with van der Waals surface area (Å²) in [5.41, 5.74) is 0.630. The van der Waals surface area contributed by atoms with Crippen molar-refractivity contribution >= 4 is 17.6 Å². The van der Waals surface area contributed by atoms with Crippen LogP contribution in [0.2, 0.25) is 0 Å². The summed E-state index contributed by atoms with van der Waals surface area (Å²) in [6, 6.07) is 6.48. The standard InChI is InChI=1S/C12H17N3O3/c1-15(2)11(16)8-13-12(17)14-9-4-6-10(18-3)7-5-9/h4-7H,8H2,1-3H3,(H2,13,14,17). The van der Waals surface area contributed by atoms with Crippen LogP contribution in [0.1, 0.15) is 0 Å². The lowest BCUT2D eigenvalue weighted by molar-refractivity contribution is -0.127. The highest BCUT2D eigenvalue weighted by Gasteiger charge is 2.06. The Kier molecular flexibility index (Phi) is 4.98. The molecule has 6 nitrogen and oxygen atoms in total. The molecule has 0 radical (unpaired) electrons. The topological polar surface area (TPSA) is 70.7 Å². The van der Waals surface area contributed by atoms with Gasteiger partial charge in [0.25, 0.3) is 0 Å². The zero-order valence-corrected chi connectivity index (χ0v) is 10.7. The minimum Gasteiger partial charge on any atom is -0.497 e. The first-order valence-electron chi connectivity index (χ1n) is 5.42. The van der Waals surface area contributed by atoms with Crippen molar-refractivity contribution < 1.29 is 14.3 Å². The predicted octanol–water partition coefficient (Wildman–Crippen LogP) is 0.905. The minimum atomic E-state index is -0.421. The summed E-state index contributed by atoms with van der Waals surface area (Å²) in [7, 11) is 4.83. The third kappa shape index (κ3) is 4.32. The van der Waals surface area contributed by atoms with Gasteiger partial charge in [0.1, 0.15) is 5.75 Å². The number of hydrogen-bond acceptors (Lipinski definition) is 3. The highest BCUT2D eigenvalue weighted by atomic mass is 16.5. The summed E-state index contributed by atoms with van der Waals surface area (Å²) in [6.07, 6.45) is 0. The first-order chi connectivity index (χ1) is 8.52. The number of likely N-dealkylation sites (N-methyl/N-ethyl adjacent to an activating group) is 1. The van der Waals surface area contributed by atoms with Gasteiger partial charge in [-0.1, -0.05) is 0 Å². The van der Waals surface area contributed by atoms with Gasteiger partial charge in [0.15, 0.2) is 0 Å². The van der Waals surface area contributed by atoms with Gasteiger partial charge in [0.05, 0.1) is 13.7 Å². The Morgan fingerprint density at radius 2 is 1.83 bits per heavy atom. The van der Waals surface area contributed by atoms with Gasteiger partial charge < -0.3 is 20.3 Å². The average molecular weight is 251 g/mol. The van der Waals surface area contributed by atoms with Crippen molar-refractivity contribution in [3.8, 4) is 5.75 Å². The number of amides is 3. The molecule has 0 unspecified atom stereocenters. The minimum absolute atomic E-state index is 0.0327. The molecule has 0 aliphatic heterocycles. The highest BCUT2D eigenvalue weighted by Crippen LogP contribution is 2.14. The Morgan fingerprint density at radius 1 is 1.22 bits per heavy atom. The van der Waals surface area contributed by atoms with E-state index in [1.54, 1.807) is 45.5 Å². The molecule has 0 spiro atoms. The van der Waals surface area contributed by atoms with Gasteiger partial charge in [-0.05, 0) is 24.3 Å². The van der Waals surface area contributed by atoms with E-state index < -0.39 is 6.03 Å². The number of carbonyl (C=O) groups is 2. The third-order valence-electron chi connectivity index (χ3n) is 2.25. The molecule has 0 saturated carbocycles. The number of anilines is 1. The molecule has 18 heavy (non-hydrogen) atoms. The lowest BCUT2D eigenvalue weighted by atomic mass is 10.3. The average Bonchev–Trinajstić information content (AvgIpc) is 2.36. The number of benzene rings is 1. The molecule has 0 heterocycles. The van der Waals surface area contributed by atoms with Crippen LogP contribution in [0.15, 0.2) is 24.3 Å². The van der Waals surface area contributed by atoms with E-state index in [1.807, 2.05) is 0 Å². The molecule has 0 aliphatic carbocycles. The lowest BCUT2D eigenvalue weighted by Gasteiger charge is -2.11. The van der Waals surface area contributed by atoms with E-state index in [2.05, 4.69) is 10.6 Å². The van der Waals surface area contributed by atoms with Gasteiger partial charge in [0, 0.05) is 19.8 Å². The number of nitrogens with zero attached hydrogens (tertiary/aromatic N) is 1. The normalized spacial score (nSPS) is 9.50. The van der Waals surface area contributed by atoms with Crippen LogP contribution >= 0.6 is 0 Å². The molecule has 0 saturated heterocycles. The smallest absolute Gasteiger partial charge is 0.319 e. The number of urea groups is 1. The van der Waals surface area contributed by atoms with E-state index in [4.69, 9.17) is 4.74 Å². The maximum absolute atomic E-state index is 11.5. The van der Waals surface area contributed by atoms with Gasteiger partial charge in [-0.3, -0.25) is 4.79 Å². The fourth-order valence-electron chi connectivity index (χ4n) is 1.16. The summed E-state index contributed by atoms with van der Waals surface area (Å²) < 4.78 is 5.00. The molecule has 0 fully saturated rings. The molecule has 1 aromatic carbocycles. The fraction of sp³-hybridized carbons (Fsp3) is 0.333. The van der Waals surface area contributed by atoms with E-state index in [0.29, 0.717) is 11.4 Å². The number of nitrogens with one attached hydrogen (secondary N) is 2. The quantitative estimate of drug-likeness (QED) is 0.835. The molecule has 1 rings (SSSR count). The maximum atomic E-state index is 11.5. The van der Waals surface area contributed by atoms with Gasteiger partial charge >= 0.3 is 6.03 Å². The molecule has 3 amide bonds. The van der Waals surface area contributed by atoms with Gasteiger partial charge in [-0.2, -0.15) is 0 Å². The van der Waals surface area contributed by atoms with E-state index in [0.717, 1.165) is 0 Å². The molecule has 0 bridgehead atoms. The molecule has 98 valence electrons. The second-order valence-electron chi connectivity index (χ2n) is 3.82. The van der Waals surface area contributed by atoms with Gasteiger partial charge in [-0.15, -0.1) is 0 Å². The van der Waals surface area contributed by atoms with Crippen LogP contribution in [0.4, 0.5) is 10.5 Å². The number of hydrogen-bond donors (Lipinski definition) is 2. The molecule has 2 N–H and O–H groups in total. The molecular weight excluding hydrogens is 234 g/mol. The van der Waals surface area contributed by atoms with Crippen molar-refractivity contribution in [2.24, 2.45) is 0 Å². The van der Waals surface area contributed by atoms with Crippen LogP contribution in [0, 0.1) is 0 Å². The fourth-order valence-corrected chi connectivity index (χ4v) is 1.16. The van der Waals surface area contributed by atoms with Gasteiger partial charge in [-0.25, -0.2) is 4.79 Å². The lowest BCUT2D eigenvalue weighted by Crippen LogP contribution is -2.38. The number of ether oxygens (including phenoxy) is 1. The Hall–Kier alpha value is -2.24. The zero-order valence-electron chi connectivity index (χ0n) is 10.7. The van der Waals surface area contributed by atoms with Crippen molar-refractivity contribution in [2.75, 3.05) is 33.1 Å². The summed E-state index contributed by atoms with van der Waals surface area (Å²) >= 11 is 0. The van der Waals surface area contributed by atoms with Crippen molar-refractivity contribution in [3.05, 3.63) is 24.3 Å². The Morgan fingerprint density at radius 3 is 2.33 bits per heavy atom. The summed E-state index contributed by atoms with van der Waals surface area (Å²) in [6.45, 7) is -0.0327. The number of carbonyl (C=O) groups excluding carboxylic acids is 2. The van der Waals surface area contributed by atoms with Gasteiger partial charge in [0.2, 0.25) is 5.91 Å². The first kappa shape index (κ1) is 13.8. The van der Waals surface area contributed by atoms with Crippen LogP contribution in [-0.4, -0.2) is 44.6 Å².